The van der Waals surface area contributed by atoms with Crippen LogP contribution in [-0.2, 0) is 19.3 Å². The molecule has 1 N–H and O–H groups in total. The number of fused-ring (bicyclic) bond motifs is 1. The van der Waals surface area contributed by atoms with Gasteiger partial charge in [0.15, 0.2) is 0 Å². The Morgan fingerprint density at radius 1 is 1.19 bits per heavy atom. The Morgan fingerprint density at radius 3 is 2.86 bits per heavy atom. The first-order valence-electron chi connectivity index (χ1n) is 7.57. The van der Waals surface area contributed by atoms with Crippen molar-refractivity contribution in [3.05, 3.63) is 58.8 Å². The normalized spacial score (nSPS) is 12.7. The zero-order valence-electron chi connectivity index (χ0n) is 12.1. The fourth-order valence-corrected chi connectivity index (χ4v) is 2.84. The molecule has 0 spiro atoms. The van der Waals surface area contributed by atoms with Gasteiger partial charge in [0.2, 0.25) is 0 Å². The molecule has 1 aromatic carbocycles. The average Bonchev–Trinajstić information content (AvgIpc) is 2.99. The van der Waals surface area contributed by atoms with Crippen molar-refractivity contribution in [3.63, 3.8) is 0 Å². The lowest BCUT2D eigenvalue weighted by molar-refractivity contribution is 0.855. The maximum Gasteiger partial charge on any atom is 0.144 e. The van der Waals surface area contributed by atoms with E-state index in [-0.39, 0.29) is 0 Å². The summed E-state index contributed by atoms with van der Waals surface area (Å²) in [5.74, 6) is 0.756. The average molecular weight is 277 g/mol. The Morgan fingerprint density at radius 2 is 2.05 bits per heavy atom. The minimum absolute atomic E-state index is 0.676. The Labute approximate surface area is 125 Å². The Hall–Kier alpha value is -2.34. The second-order valence-electron chi connectivity index (χ2n) is 5.47. The van der Waals surface area contributed by atoms with E-state index in [4.69, 9.17) is 0 Å². The van der Waals surface area contributed by atoms with Crippen LogP contribution in [0.2, 0.25) is 0 Å². The second kappa shape index (κ2) is 6.41. The van der Waals surface area contributed by atoms with Gasteiger partial charge in [-0.05, 0) is 49.3 Å². The molecule has 21 heavy (non-hydrogen) atoms. The third kappa shape index (κ3) is 3.22. The minimum atomic E-state index is 0.676. The van der Waals surface area contributed by atoms with Crippen LogP contribution in [0.5, 0.6) is 0 Å². The molecule has 1 heterocycles. The highest BCUT2D eigenvalue weighted by atomic mass is 15.0. The molecule has 1 aliphatic rings. The molecule has 2 aromatic rings. The SMILES string of the molecule is N#Cc1cc2c(nc1NCCCc1ccccc1)CCC2. The zero-order valence-corrected chi connectivity index (χ0v) is 12.1. The van der Waals surface area contributed by atoms with E-state index in [0.29, 0.717) is 5.56 Å². The van der Waals surface area contributed by atoms with Crippen molar-refractivity contribution in [3.8, 4) is 6.07 Å². The van der Waals surface area contributed by atoms with E-state index in [9.17, 15) is 5.26 Å². The van der Waals surface area contributed by atoms with Gasteiger partial charge >= 0.3 is 0 Å². The number of aromatic nitrogens is 1. The van der Waals surface area contributed by atoms with Crippen LogP contribution in [0.4, 0.5) is 5.82 Å². The minimum Gasteiger partial charge on any atom is -0.369 e. The molecule has 0 fully saturated rings. The molecule has 0 unspecified atom stereocenters. The number of nitrogens with one attached hydrogen (secondary N) is 1. The highest BCUT2D eigenvalue weighted by molar-refractivity contribution is 5.55. The Bertz CT molecular complexity index is 656. The van der Waals surface area contributed by atoms with Gasteiger partial charge in [-0.1, -0.05) is 30.3 Å². The lowest BCUT2D eigenvalue weighted by Gasteiger charge is -2.09. The van der Waals surface area contributed by atoms with Crippen molar-refractivity contribution in [1.82, 2.24) is 4.98 Å². The first-order valence-corrected chi connectivity index (χ1v) is 7.57. The predicted octanol–water partition coefficient (Wildman–Crippen LogP) is 3.49. The maximum atomic E-state index is 9.25. The smallest absolute Gasteiger partial charge is 0.144 e. The summed E-state index contributed by atoms with van der Waals surface area (Å²) in [5.41, 5.74) is 4.44. The van der Waals surface area contributed by atoms with Gasteiger partial charge in [-0.3, -0.25) is 0 Å². The standard InChI is InChI=1S/C18H19N3/c19-13-16-12-15-9-4-10-17(15)21-18(16)20-11-5-8-14-6-2-1-3-7-14/h1-3,6-7,12H,4-5,8-11H2,(H,20,21). The number of rotatable bonds is 5. The van der Waals surface area contributed by atoms with Crippen LogP contribution >= 0.6 is 0 Å². The van der Waals surface area contributed by atoms with Crippen LogP contribution in [-0.4, -0.2) is 11.5 Å². The molecule has 1 aliphatic carbocycles. The van der Waals surface area contributed by atoms with E-state index in [1.807, 2.05) is 12.1 Å². The number of nitriles is 1. The predicted molar refractivity (Wildman–Crippen MR) is 84.2 cm³/mol. The van der Waals surface area contributed by atoms with Gasteiger partial charge in [0.05, 0.1) is 5.56 Å². The Balaban J connectivity index is 1.59. The zero-order chi connectivity index (χ0) is 14.5. The topological polar surface area (TPSA) is 48.7 Å². The lowest BCUT2D eigenvalue weighted by atomic mass is 10.1. The summed E-state index contributed by atoms with van der Waals surface area (Å²) in [5, 5.41) is 12.6. The fourth-order valence-electron chi connectivity index (χ4n) is 2.84. The highest BCUT2D eigenvalue weighted by Gasteiger charge is 2.16. The summed E-state index contributed by atoms with van der Waals surface area (Å²) in [6.45, 7) is 0.843. The van der Waals surface area contributed by atoms with Crippen molar-refractivity contribution in [1.29, 1.82) is 5.26 Å². The van der Waals surface area contributed by atoms with Crippen LogP contribution in [0.1, 0.15) is 35.2 Å². The number of hydrogen-bond acceptors (Lipinski definition) is 3. The third-order valence-electron chi connectivity index (χ3n) is 3.95. The van der Waals surface area contributed by atoms with Gasteiger partial charge in [-0.15, -0.1) is 0 Å². The molecule has 1 aromatic heterocycles. The molecular weight excluding hydrogens is 258 g/mol. The largest absolute Gasteiger partial charge is 0.369 e. The first-order chi connectivity index (χ1) is 10.4. The van der Waals surface area contributed by atoms with Gasteiger partial charge in [0, 0.05) is 12.2 Å². The summed E-state index contributed by atoms with van der Waals surface area (Å²) in [6.07, 6.45) is 5.34. The molecular formula is C18H19N3. The summed E-state index contributed by atoms with van der Waals surface area (Å²) in [6, 6.07) is 14.7. The Kier molecular flexibility index (Phi) is 4.16. The summed E-state index contributed by atoms with van der Waals surface area (Å²) in [4.78, 5) is 4.64. The molecule has 106 valence electrons. The second-order valence-corrected chi connectivity index (χ2v) is 5.47. The van der Waals surface area contributed by atoms with Gasteiger partial charge in [0.1, 0.15) is 11.9 Å². The summed E-state index contributed by atoms with van der Waals surface area (Å²) >= 11 is 0. The van der Waals surface area contributed by atoms with Crippen LogP contribution < -0.4 is 5.32 Å². The number of nitrogens with zero attached hydrogens (tertiary/aromatic N) is 2. The molecule has 0 saturated carbocycles. The van der Waals surface area contributed by atoms with Crippen LogP contribution in [0, 0.1) is 11.3 Å². The summed E-state index contributed by atoms with van der Waals surface area (Å²) < 4.78 is 0. The van der Waals surface area contributed by atoms with E-state index in [0.717, 1.165) is 44.5 Å². The van der Waals surface area contributed by atoms with E-state index >= 15 is 0 Å². The molecule has 0 amide bonds. The summed E-state index contributed by atoms with van der Waals surface area (Å²) in [7, 11) is 0. The first kappa shape index (κ1) is 13.6. The quantitative estimate of drug-likeness (QED) is 0.851. The van der Waals surface area contributed by atoms with E-state index < -0.39 is 0 Å². The molecule has 3 heteroatoms. The molecule has 0 atom stereocenters. The van der Waals surface area contributed by atoms with Crippen LogP contribution in [0.3, 0.4) is 0 Å². The van der Waals surface area contributed by atoms with E-state index in [2.05, 4.69) is 40.6 Å². The van der Waals surface area contributed by atoms with Crippen molar-refractivity contribution in [2.75, 3.05) is 11.9 Å². The number of pyridine rings is 1. The van der Waals surface area contributed by atoms with Crippen molar-refractivity contribution in [2.45, 2.75) is 32.1 Å². The monoisotopic (exact) mass is 277 g/mol. The molecule has 0 radical (unpaired) electrons. The van der Waals surface area contributed by atoms with Gasteiger partial charge in [-0.2, -0.15) is 5.26 Å². The molecule has 0 bridgehead atoms. The van der Waals surface area contributed by atoms with Gasteiger partial charge < -0.3 is 5.32 Å². The molecule has 0 aliphatic heterocycles. The molecule has 0 saturated heterocycles. The van der Waals surface area contributed by atoms with Crippen LogP contribution in [0.15, 0.2) is 36.4 Å². The highest BCUT2D eigenvalue weighted by Crippen LogP contribution is 2.24. The number of anilines is 1. The van der Waals surface area contributed by atoms with Crippen molar-refractivity contribution >= 4 is 5.82 Å². The van der Waals surface area contributed by atoms with Crippen molar-refractivity contribution < 1.29 is 0 Å². The number of hydrogen-bond donors (Lipinski definition) is 1. The lowest BCUT2D eigenvalue weighted by Crippen LogP contribution is -2.08. The number of benzene rings is 1. The van der Waals surface area contributed by atoms with Gasteiger partial charge in [-0.25, -0.2) is 4.98 Å². The molecule has 3 nitrogen and oxygen atoms in total. The van der Waals surface area contributed by atoms with Gasteiger partial charge in [0.25, 0.3) is 0 Å². The van der Waals surface area contributed by atoms with E-state index in [1.54, 1.807) is 0 Å². The maximum absolute atomic E-state index is 9.25. The molecule has 3 rings (SSSR count). The van der Waals surface area contributed by atoms with Crippen molar-refractivity contribution in [2.24, 2.45) is 0 Å². The fraction of sp³-hybridized carbons (Fsp3) is 0.333. The third-order valence-corrected chi connectivity index (χ3v) is 3.95. The van der Waals surface area contributed by atoms with E-state index in [1.165, 1.54) is 16.8 Å². The van der Waals surface area contributed by atoms with Crippen LogP contribution in [0.25, 0.3) is 0 Å². The number of aryl methyl sites for hydroxylation is 3.